The van der Waals surface area contributed by atoms with Crippen LogP contribution >= 0.6 is 0 Å². The molecule has 1 aliphatic heterocycles. The highest BCUT2D eigenvalue weighted by atomic mass is 16.6. The van der Waals surface area contributed by atoms with Crippen molar-refractivity contribution in [3.8, 4) is 0 Å². The first-order valence-corrected chi connectivity index (χ1v) is 4.05. The Morgan fingerprint density at radius 3 is 2.67 bits per heavy atom. The van der Waals surface area contributed by atoms with Gasteiger partial charge < -0.3 is 15.8 Å². The summed E-state index contributed by atoms with van der Waals surface area (Å²) in [5, 5.41) is 2.24. The number of esters is 2. The SMILES string of the molecule is NC(=O)Nc1cccc2c1C(=O)OC2=O. The number of primary amides is 1. The number of carbonyl (C=O) groups is 3. The van der Waals surface area contributed by atoms with Crippen LogP contribution in [0.15, 0.2) is 18.2 Å². The van der Waals surface area contributed by atoms with E-state index in [1.54, 1.807) is 0 Å². The molecule has 0 fully saturated rings. The summed E-state index contributed by atoms with van der Waals surface area (Å²) >= 11 is 0. The summed E-state index contributed by atoms with van der Waals surface area (Å²) in [6.45, 7) is 0. The van der Waals surface area contributed by atoms with Crippen molar-refractivity contribution in [3.05, 3.63) is 29.3 Å². The van der Waals surface area contributed by atoms with Crippen molar-refractivity contribution in [2.45, 2.75) is 0 Å². The van der Waals surface area contributed by atoms with Gasteiger partial charge in [-0.15, -0.1) is 0 Å². The molecule has 1 aromatic rings. The van der Waals surface area contributed by atoms with Crippen LogP contribution in [-0.2, 0) is 4.74 Å². The van der Waals surface area contributed by atoms with Crippen molar-refractivity contribution >= 4 is 23.7 Å². The Kier molecular flexibility index (Phi) is 1.89. The maximum atomic E-state index is 11.2. The number of rotatable bonds is 1. The van der Waals surface area contributed by atoms with Crippen molar-refractivity contribution in [2.75, 3.05) is 5.32 Å². The molecule has 2 amide bonds. The molecular weight excluding hydrogens is 200 g/mol. The van der Waals surface area contributed by atoms with Gasteiger partial charge in [-0.25, -0.2) is 14.4 Å². The van der Waals surface area contributed by atoms with Gasteiger partial charge in [0.15, 0.2) is 0 Å². The number of hydrogen-bond acceptors (Lipinski definition) is 4. The number of hydrogen-bond donors (Lipinski definition) is 2. The number of nitrogens with one attached hydrogen (secondary N) is 1. The summed E-state index contributed by atoms with van der Waals surface area (Å²) < 4.78 is 4.38. The van der Waals surface area contributed by atoms with Crippen LogP contribution in [0, 0.1) is 0 Å². The summed E-state index contributed by atoms with van der Waals surface area (Å²) in [5.74, 6) is -1.50. The summed E-state index contributed by atoms with van der Waals surface area (Å²) in [7, 11) is 0. The van der Waals surface area contributed by atoms with E-state index in [1.165, 1.54) is 18.2 Å². The molecule has 15 heavy (non-hydrogen) atoms. The second-order valence-corrected chi connectivity index (χ2v) is 2.89. The van der Waals surface area contributed by atoms with Gasteiger partial charge >= 0.3 is 18.0 Å². The molecule has 0 bridgehead atoms. The Balaban J connectivity index is 2.55. The third kappa shape index (κ3) is 1.41. The summed E-state index contributed by atoms with van der Waals surface area (Å²) in [6.07, 6.45) is 0. The Morgan fingerprint density at radius 2 is 2.00 bits per heavy atom. The molecule has 0 saturated heterocycles. The van der Waals surface area contributed by atoms with Crippen LogP contribution in [0.1, 0.15) is 20.7 Å². The van der Waals surface area contributed by atoms with Crippen LogP contribution in [-0.4, -0.2) is 18.0 Å². The van der Waals surface area contributed by atoms with E-state index < -0.39 is 18.0 Å². The van der Waals surface area contributed by atoms with E-state index in [9.17, 15) is 14.4 Å². The molecule has 0 unspecified atom stereocenters. The zero-order chi connectivity index (χ0) is 11.0. The molecule has 0 atom stereocenters. The predicted octanol–water partition coefficient (Wildman–Crippen LogP) is 0.488. The van der Waals surface area contributed by atoms with Crippen molar-refractivity contribution < 1.29 is 19.1 Å². The number of benzene rings is 1. The molecule has 76 valence electrons. The van der Waals surface area contributed by atoms with Gasteiger partial charge in [-0.1, -0.05) is 6.07 Å². The smallest absolute Gasteiger partial charge is 0.349 e. The van der Waals surface area contributed by atoms with Gasteiger partial charge in [-0.3, -0.25) is 0 Å². The topological polar surface area (TPSA) is 98.5 Å². The molecule has 0 radical (unpaired) electrons. The lowest BCUT2D eigenvalue weighted by atomic mass is 10.1. The van der Waals surface area contributed by atoms with E-state index in [0.717, 1.165) is 0 Å². The Hall–Kier alpha value is -2.37. The molecule has 6 nitrogen and oxygen atoms in total. The van der Waals surface area contributed by atoms with Crippen molar-refractivity contribution in [1.82, 2.24) is 0 Å². The molecule has 6 heteroatoms. The van der Waals surface area contributed by atoms with Gasteiger partial charge in [0.25, 0.3) is 0 Å². The zero-order valence-corrected chi connectivity index (χ0v) is 7.44. The number of fused-ring (bicyclic) bond motifs is 1. The van der Waals surface area contributed by atoms with Gasteiger partial charge in [-0.05, 0) is 12.1 Å². The lowest BCUT2D eigenvalue weighted by Gasteiger charge is -2.03. The van der Waals surface area contributed by atoms with Crippen molar-refractivity contribution in [3.63, 3.8) is 0 Å². The first kappa shape index (κ1) is 9.20. The average molecular weight is 206 g/mol. The number of cyclic esters (lactones) is 2. The monoisotopic (exact) mass is 206 g/mol. The summed E-state index contributed by atoms with van der Waals surface area (Å²) in [4.78, 5) is 33.0. The Morgan fingerprint density at radius 1 is 1.27 bits per heavy atom. The fraction of sp³-hybridized carbons (Fsp3) is 0. The van der Waals surface area contributed by atoms with Gasteiger partial charge in [0.2, 0.25) is 0 Å². The van der Waals surface area contributed by atoms with E-state index in [2.05, 4.69) is 10.1 Å². The molecular formula is C9H6N2O4. The number of urea groups is 1. The fourth-order valence-corrected chi connectivity index (χ4v) is 1.37. The van der Waals surface area contributed by atoms with Crippen molar-refractivity contribution in [2.24, 2.45) is 5.73 Å². The number of nitrogens with two attached hydrogens (primary N) is 1. The van der Waals surface area contributed by atoms with E-state index >= 15 is 0 Å². The minimum absolute atomic E-state index is 0.0429. The third-order valence-electron chi connectivity index (χ3n) is 1.93. The molecule has 0 spiro atoms. The van der Waals surface area contributed by atoms with Crippen LogP contribution < -0.4 is 11.1 Å². The van der Waals surface area contributed by atoms with E-state index in [1.807, 2.05) is 0 Å². The van der Waals surface area contributed by atoms with Crippen LogP contribution in [0.4, 0.5) is 10.5 Å². The number of anilines is 1. The molecule has 0 aliphatic carbocycles. The van der Waals surface area contributed by atoms with Gasteiger partial charge in [-0.2, -0.15) is 0 Å². The second kappa shape index (κ2) is 3.09. The molecule has 1 heterocycles. The summed E-state index contributed by atoms with van der Waals surface area (Å²) in [5.41, 5.74) is 5.26. The highest BCUT2D eigenvalue weighted by Crippen LogP contribution is 2.26. The van der Waals surface area contributed by atoms with Gasteiger partial charge in [0, 0.05) is 0 Å². The quantitative estimate of drug-likeness (QED) is 0.515. The Bertz CT molecular complexity index is 481. The average Bonchev–Trinajstić information content (AvgIpc) is 2.43. The normalized spacial score (nSPS) is 13.3. The van der Waals surface area contributed by atoms with Gasteiger partial charge in [0.1, 0.15) is 0 Å². The van der Waals surface area contributed by atoms with Gasteiger partial charge in [0.05, 0.1) is 16.8 Å². The number of ether oxygens (including phenoxy) is 1. The standard InChI is InChI=1S/C9H6N2O4/c10-9(14)11-5-3-1-2-4-6(5)8(13)15-7(4)12/h1-3H,(H3,10,11,14). The number of carbonyl (C=O) groups excluding carboxylic acids is 3. The molecule has 2 rings (SSSR count). The van der Waals surface area contributed by atoms with Crippen molar-refractivity contribution in [1.29, 1.82) is 0 Å². The molecule has 3 N–H and O–H groups in total. The predicted molar refractivity (Wildman–Crippen MR) is 49.4 cm³/mol. The second-order valence-electron chi connectivity index (χ2n) is 2.89. The largest absolute Gasteiger partial charge is 0.386 e. The first-order chi connectivity index (χ1) is 7.09. The fourth-order valence-electron chi connectivity index (χ4n) is 1.37. The minimum atomic E-state index is -0.810. The zero-order valence-electron chi connectivity index (χ0n) is 7.44. The minimum Gasteiger partial charge on any atom is -0.386 e. The summed E-state index contributed by atoms with van der Waals surface area (Å²) in [6, 6.07) is 3.61. The highest BCUT2D eigenvalue weighted by molar-refractivity contribution is 6.18. The van der Waals surface area contributed by atoms with Crippen LogP contribution in [0.5, 0.6) is 0 Å². The molecule has 1 aliphatic rings. The third-order valence-corrected chi connectivity index (χ3v) is 1.93. The maximum absolute atomic E-state index is 11.2. The van der Waals surface area contributed by atoms with Crippen LogP contribution in [0.25, 0.3) is 0 Å². The van der Waals surface area contributed by atoms with Crippen LogP contribution in [0.2, 0.25) is 0 Å². The first-order valence-electron chi connectivity index (χ1n) is 4.05. The molecule has 0 saturated carbocycles. The van der Waals surface area contributed by atoms with Crippen LogP contribution in [0.3, 0.4) is 0 Å². The molecule has 1 aromatic carbocycles. The Labute approximate surface area is 84.0 Å². The lowest BCUT2D eigenvalue weighted by molar-refractivity contribution is 0.0444. The lowest BCUT2D eigenvalue weighted by Crippen LogP contribution is -2.20. The van der Waals surface area contributed by atoms with E-state index in [0.29, 0.717) is 0 Å². The van der Waals surface area contributed by atoms with E-state index in [-0.39, 0.29) is 16.8 Å². The maximum Gasteiger partial charge on any atom is 0.349 e. The molecule has 0 aromatic heterocycles. The van der Waals surface area contributed by atoms with E-state index in [4.69, 9.17) is 5.73 Å². The number of amides is 2. The highest BCUT2D eigenvalue weighted by Gasteiger charge is 2.32.